The standard InChI is InChI=1S/C10H19O3S/c1-4-5-7-12-9(2)13-10(11)6-8-14-3/h9H,3-8H2,1-2H3. The molecule has 0 saturated heterocycles. The van der Waals surface area contributed by atoms with Crippen LogP contribution in [0, 0.1) is 6.26 Å². The number of rotatable bonds is 8. The second-order valence-electron chi connectivity index (χ2n) is 2.94. The van der Waals surface area contributed by atoms with E-state index >= 15 is 0 Å². The van der Waals surface area contributed by atoms with Gasteiger partial charge in [-0.15, -0.1) is 0 Å². The van der Waals surface area contributed by atoms with Crippen molar-refractivity contribution in [2.24, 2.45) is 0 Å². The highest BCUT2D eigenvalue weighted by atomic mass is 32.2. The monoisotopic (exact) mass is 219 g/mol. The third kappa shape index (κ3) is 8.38. The van der Waals surface area contributed by atoms with E-state index in [0.29, 0.717) is 18.8 Å². The zero-order valence-corrected chi connectivity index (χ0v) is 9.77. The van der Waals surface area contributed by atoms with Crippen molar-refractivity contribution in [3.05, 3.63) is 6.26 Å². The lowest BCUT2D eigenvalue weighted by Gasteiger charge is -2.13. The fraction of sp³-hybridized carbons (Fsp3) is 0.800. The van der Waals surface area contributed by atoms with Crippen LogP contribution in [0.1, 0.15) is 33.1 Å². The van der Waals surface area contributed by atoms with Crippen LogP contribution in [0.2, 0.25) is 0 Å². The Balaban J connectivity index is 3.40. The van der Waals surface area contributed by atoms with Gasteiger partial charge < -0.3 is 9.47 Å². The van der Waals surface area contributed by atoms with E-state index in [9.17, 15) is 4.79 Å². The molecule has 0 saturated carbocycles. The van der Waals surface area contributed by atoms with Gasteiger partial charge >= 0.3 is 5.97 Å². The Hall–Kier alpha value is -0.220. The first kappa shape index (κ1) is 13.8. The van der Waals surface area contributed by atoms with E-state index in [4.69, 9.17) is 9.47 Å². The number of carbonyl (C=O) groups excluding carboxylic acids is 1. The first-order valence-electron chi connectivity index (χ1n) is 4.88. The second-order valence-corrected chi connectivity index (χ2v) is 3.76. The predicted molar refractivity (Wildman–Crippen MR) is 58.8 cm³/mol. The van der Waals surface area contributed by atoms with Crippen LogP contribution in [-0.2, 0) is 14.3 Å². The van der Waals surface area contributed by atoms with Gasteiger partial charge in [0, 0.05) is 12.0 Å². The van der Waals surface area contributed by atoms with Crippen LogP contribution in [0.5, 0.6) is 0 Å². The number of ether oxygens (including phenoxy) is 2. The van der Waals surface area contributed by atoms with Crippen molar-refractivity contribution in [2.75, 3.05) is 12.4 Å². The zero-order chi connectivity index (χ0) is 10.8. The molecule has 0 spiro atoms. The summed E-state index contributed by atoms with van der Waals surface area (Å²) in [7, 11) is 0. The first-order chi connectivity index (χ1) is 6.70. The van der Waals surface area contributed by atoms with Crippen LogP contribution in [0.15, 0.2) is 0 Å². The minimum atomic E-state index is -0.427. The molecule has 0 bridgehead atoms. The van der Waals surface area contributed by atoms with Crippen molar-refractivity contribution < 1.29 is 14.3 Å². The van der Waals surface area contributed by atoms with Crippen LogP contribution in [-0.4, -0.2) is 24.6 Å². The lowest BCUT2D eigenvalue weighted by atomic mass is 10.4. The van der Waals surface area contributed by atoms with Gasteiger partial charge in [0.15, 0.2) is 6.29 Å². The van der Waals surface area contributed by atoms with E-state index in [1.165, 1.54) is 11.8 Å². The molecule has 0 amide bonds. The number of hydrogen-bond acceptors (Lipinski definition) is 4. The van der Waals surface area contributed by atoms with Crippen LogP contribution in [0.3, 0.4) is 0 Å². The maximum atomic E-state index is 11.1. The molecule has 0 aliphatic rings. The maximum Gasteiger partial charge on any atom is 0.308 e. The molecule has 0 aliphatic heterocycles. The van der Waals surface area contributed by atoms with E-state index in [1.807, 2.05) is 0 Å². The van der Waals surface area contributed by atoms with Crippen molar-refractivity contribution in [1.29, 1.82) is 0 Å². The number of hydrogen-bond donors (Lipinski definition) is 0. The summed E-state index contributed by atoms with van der Waals surface area (Å²) in [6, 6.07) is 0. The van der Waals surface area contributed by atoms with E-state index in [0.717, 1.165) is 12.8 Å². The molecular weight excluding hydrogens is 200 g/mol. The Morgan fingerprint density at radius 1 is 1.57 bits per heavy atom. The van der Waals surface area contributed by atoms with Crippen LogP contribution >= 0.6 is 11.8 Å². The van der Waals surface area contributed by atoms with Crippen LogP contribution in [0.25, 0.3) is 0 Å². The van der Waals surface area contributed by atoms with Crippen molar-refractivity contribution in [3.8, 4) is 0 Å². The lowest BCUT2D eigenvalue weighted by molar-refractivity contribution is -0.174. The van der Waals surface area contributed by atoms with Crippen molar-refractivity contribution in [2.45, 2.75) is 39.4 Å². The molecule has 0 fully saturated rings. The van der Waals surface area contributed by atoms with Gasteiger partial charge in [-0.3, -0.25) is 4.79 Å². The van der Waals surface area contributed by atoms with Crippen LogP contribution < -0.4 is 0 Å². The summed E-state index contributed by atoms with van der Waals surface area (Å²) in [4.78, 5) is 11.1. The lowest BCUT2D eigenvalue weighted by Crippen LogP contribution is -2.18. The summed E-state index contributed by atoms with van der Waals surface area (Å²) >= 11 is 1.39. The Kier molecular flexibility index (Phi) is 9.19. The van der Waals surface area contributed by atoms with E-state index in [2.05, 4.69) is 13.2 Å². The summed E-state index contributed by atoms with van der Waals surface area (Å²) in [6.45, 7) is 4.48. The van der Waals surface area contributed by atoms with Gasteiger partial charge in [-0.2, -0.15) is 11.8 Å². The first-order valence-corrected chi connectivity index (χ1v) is 6.04. The van der Waals surface area contributed by atoms with Gasteiger partial charge in [-0.1, -0.05) is 13.3 Å². The number of unbranched alkanes of at least 4 members (excludes halogenated alkanes) is 1. The normalized spacial score (nSPS) is 12.5. The number of carbonyl (C=O) groups is 1. The van der Waals surface area contributed by atoms with Crippen molar-refractivity contribution in [3.63, 3.8) is 0 Å². The van der Waals surface area contributed by atoms with Gasteiger partial charge in [0.05, 0.1) is 13.0 Å². The Bertz CT molecular complexity index is 150. The average molecular weight is 219 g/mol. The molecule has 0 N–H and O–H groups in total. The fourth-order valence-corrected chi connectivity index (χ4v) is 1.14. The third-order valence-corrected chi connectivity index (χ3v) is 2.09. The maximum absolute atomic E-state index is 11.1. The number of esters is 1. The smallest absolute Gasteiger partial charge is 0.308 e. The molecule has 0 rings (SSSR count). The highest BCUT2D eigenvalue weighted by Crippen LogP contribution is 2.03. The SMILES string of the molecule is [CH2]SCCC(=O)OC(C)OCCCC. The quantitative estimate of drug-likeness (QED) is 0.357. The average Bonchev–Trinajstić information content (AvgIpc) is 2.15. The van der Waals surface area contributed by atoms with Crippen molar-refractivity contribution >= 4 is 17.7 Å². The largest absolute Gasteiger partial charge is 0.436 e. The molecule has 4 heteroatoms. The summed E-state index contributed by atoms with van der Waals surface area (Å²) < 4.78 is 10.3. The highest BCUT2D eigenvalue weighted by Gasteiger charge is 2.08. The van der Waals surface area contributed by atoms with Gasteiger partial charge in [0.25, 0.3) is 0 Å². The topological polar surface area (TPSA) is 35.5 Å². The molecule has 0 aromatic carbocycles. The van der Waals surface area contributed by atoms with Crippen LogP contribution in [0.4, 0.5) is 0 Å². The van der Waals surface area contributed by atoms with Gasteiger partial charge in [0.2, 0.25) is 0 Å². The van der Waals surface area contributed by atoms with Gasteiger partial charge in [0.1, 0.15) is 0 Å². The summed E-state index contributed by atoms with van der Waals surface area (Å²) in [6.07, 6.45) is 5.63. The van der Waals surface area contributed by atoms with Gasteiger partial charge in [-0.05, 0) is 13.3 Å². The summed E-state index contributed by atoms with van der Waals surface area (Å²) in [5.74, 6) is 0.477. The van der Waals surface area contributed by atoms with E-state index in [-0.39, 0.29) is 5.97 Å². The Labute approximate surface area is 90.5 Å². The predicted octanol–water partition coefficient (Wildman–Crippen LogP) is 2.61. The second kappa shape index (κ2) is 9.34. The molecular formula is C10H19O3S. The zero-order valence-electron chi connectivity index (χ0n) is 8.95. The minimum Gasteiger partial charge on any atom is -0.436 e. The molecule has 0 aromatic rings. The molecule has 14 heavy (non-hydrogen) atoms. The fourth-order valence-electron chi connectivity index (χ4n) is 0.827. The molecule has 0 aromatic heterocycles. The molecule has 1 atom stereocenters. The molecule has 83 valence electrons. The number of thioether (sulfide) groups is 1. The minimum absolute atomic E-state index is 0.217. The molecule has 3 nitrogen and oxygen atoms in total. The molecule has 0 aliphatic carbocycles. The van der Waals surface area contributed by atoms with Crippen molar-refractivity contribution in [1.82, 2.24) is 0 Å². The third-order valence-electron chi connectivity index (χ3n) is 1.60. The summed E-state index contributed by atoms with van der Waals surface area (Å²) in [5.41, 5.74) is 0. The Morgan fingerprint density at radius 3 is 2.86 bits per heavy atom. The van der Waals surface area contributed by atoms with E-state index in [1.54, 1.807) is 6.92 Å². The molecule has 1 radical (unpaired) electrons. The summed E-state index contributed by atoms with van der Waals surface area (Å²) in [5, 5.41) is 0. The molecule has 0 heterocycles. The van der Waals surface area contributed by atoms with Gasteiger partial charge in [-0.25, -0.2) is 0 Å². The molecule has 1 unspecified atom stereocenters. The van der Waals surface area contributed by atoms with E-state index < -0.39 is 6.29 Å². The Morgan fingerprint density at radius 2 is 2.29 bits per heavy atom. The highest BCUT2D eigenvalue weighted by molar-refractivity contribution is 8.00.